The second-order valence-electron chi connectivity index (χ2n) is 8.88. The van der Waals surface area contributed by atoms with Crippen LogP contribution in [0.15, 0.2) is 65.5 Å². The third kappa shape index (κ3) is 2.87. The summed E-state index contributed by atoms with van der Waals surface area (Å²) >= 11 is 3.77. The number of benzene rings is 2. The molecule has 0 unspecified atom stereocenters. The molecule has 0 radical (unpaired) electrons. The van der Waals surface area contributed by atoms with Crippen LogP contribution in [-0.2, 0) is 13.0 Å². The lowest BCUT2D eigenvalue weighted by Gasteiger charge is -2.45. The van der Waals surface area contributed by atoms with Crippen molar-refractivity contribution < 1.29 is 0 Å². The lowest BCUT2D eigenvalue weighted by atomic mass is 9.72. The predicted octanol–water partition coefficient (Wildman–Crippen LogP) is 5.45. The molecule has 1 aliphatic heterocycles. The van der Waals surface area contributed by atoms with Crippen LogP contribution >= 0.6 is 15.9 Å². The minimum absolute atomic E-state index is 0.572. The first-order valence-electron chi connectivity index (χ1n) is 10.7. The number of fused-ring (bicyclic) bond motifs is 2. The van der Waals surface area contributed by atoms with Gasteiger partial charge in [0.1, 0.15) is 5.82 Å². The Bertz CT molecular complexity index is 1210. The molecule has 3 atom stereocenters. The second-order valence-corrected chi connectivity index (χ2v) is 9.67. The van der Waals surface area contributed by atoms with Crippen molar-refractivity contribution in [2.75, 3.05) is 13.6 Å². The van der Waals surface area contributed by atoms with E-state index in [-0.39, 0.29) is 0 Å². The number of nitrogens with zero attached hydrogens (tertiary/aromatic N) is 3. The van der Waals surface area contributed by atoms with E-state index in [0.717, 1.165) is 29.9 Å². The molecule has 0 spiro atoms. The molecule has 1 fully saturated rings. The van der Waals surface area contributed by atoms with E-state index >= 15 is 0 Å². The zero-order chi connectivity index (χ0) is 20.2. The van der Waals surface area contributed by atoms with Gasteiger partial charge in [-0.2, -0.15) is 0 Å². The number of piperidine rings is 1. The molecule has 30 heavy (non-hydrogen) atoms. The number of likely N-dealkylation sites (tertiary alicyclic amines) is 1. The number of aromatic nitrogens is 3. The summed E-state index contributed by atoms with van der Waals surface area (Å²) in [5.41, 5.74) is 5.42. The smallest absolute Gasteiger partial charge is 0.139 e. The summed E-state index contributed by atoms with van der Waals surface area (Å²) in [4.78, 5) is 10.8. The number of imidazole rings is 1. The molecule has 1 aliphatic carbocycles. The van der Waals surface area contributed by atoms with Crippen molar-refractivity contribution in [2.45, 2.75) is 31.3 Å². The number of rotatable bonds is 3. The zero-order valence-electron chi connectivity index (χ0n) is 17.1. The lowest BCUT2D eigenvalue weighted by molar-refractivity contribution is 0.104. The van der Waals surface area contributed by atoms with Gasteiger partial charge in [0.2, 0.25) is 0 Å². The molecule has 4 aromatic rings. The van der Waals surface area contributed by atoms with Crippen molar-refractivity contribution in [2.24, 2.45) is 5.92 Å². The molecule has 0 amide bonds. The van der Waals surface area contributed by atoms with E-state index in [4.69, 9.17) is 0 Å². The highest BCUT2D eigenvalue weighted by Crippen LogP contribution is 2.46. The fourth-order valence-electron chi connectivity index (χ4n) is 5.81. The molecule has 2 aromatic heterocycles. The molecule has 2 aliphatic rings. The van der Waals surface area contributed by atoms with E-state index in [0.29, 0.717) is 17.9 Å². The quantitative estimate of drug-likeness (QED) is 0.440. The minimum Gasteiger partial charge on any atom is -0.349 e. The van der Waals surface area contributed by atoms with Gasteiger partial charge in [0, 0.05) is 53.9 Å². The van der Waals surface area contributed by atoms with Gasteiger partial charge in [-0.05, 0) is 58.9 Å². The number of hydrogen-bond acceptors (Lipinski definition) is 2. The van der Waals surface area contributed by atoms with Crippen LogP contribution < -0.4 is 0 Å². The Hall–Kier alpha value is -2.37. The van der Waals surface area contributed by atoms with E-state index in [2.05, 4.69) is 97.1 Å². The Kier molecular flexibility index (Phi) is 4.36. The molecule has 152 valence electrons. The van der Waals surface area contributed by atoms with Gasteiger partial charge >= 0.3 is 0 Å². The minimum atomic E-state index is 0.572. The van der Waals surface area contributed by atoms with Gasteiger partial charge in [-0.3, -0.25) is 0 Å². The van der Waals surface area contributed by atoms with Crippen molar-refractivity contribution in [3.05, 3.63) is 76.7 Å². The van der Waals surface area contributed by atoms with Crippen molar-refractivity contribution in [3.63, 3.8) is 0 Å². The van der Waals surface area contributed by atoms with E-state index in [1.54, 1.807) is 0 Å². The van der Waals surface area contributed by atoms with Gasteiger partial charge in [0.25, 0.3) is 0 Å². The number of aromatic amines is 1. The van der Waals surface area contributed by atoms with E-state index in [9.17, 15) is 0 Å². The van der Waals surface area contributed by atoms with Crippen LogP contribution in [0.25, 0.3) is 22.3 Å². The van der Waals surface area contributed by atoms with E-state index in [1.807, 2.05) is 6.20 Å². The Labute approximate surface area is 185 Å². The van der Waals surface area contributed by atoms with E-state index < -0.39 is 0 Å². The second kappa shape index (κ2) is 7.10. The summed E-state index contributed by atoms with van der Waals surface area (Å²) in [5.74, 6) is 2.26. The number of likely N-dealkylation sites (N-methyl/N-ethyl adjacent to an activating group) is 1. The number of halogens is 1. The fraction of sp³-hybridized carbons (Fsp3) is 0.320. The third-order valence-corrected chi connectivity index (χ3v) is 7.76. The molecule has 1 saturated heterocycles. The summed E-state index contributed by atoms with van der Waals surface area (Å²) in [6.45, 7) is 2.14. The molecular weight excluding hydrogens is 436 g/mol. The van der Waals surface area contributed by atoms with Crippen molar-refractivity contribution in [3.8, 4) is 11.4 Å². The first-order chi connectivity index (χ1) is 14.7. The largest absolute Gasteiger partial charge is 0.349 e. The van der Waals surface area contributed by atoms with Gasteiger partial charge in [0.15, 0.2) is 0 Å². The molecule has 1 N–H and O–H groups in total. The Morgan fingerprint density at radius 2 is 2.00 bits per heavy atom. The molecule has 6 rings (SSSR count). The fourth-order valence-corrected chi connectivity index (χ4v) is 6.39. The first kappa shape index (κ1) is 18.4. The van der Waals surface area contributed by atoms with Crippen molar-refractivity contribution in [1.82, 2.24) is 19.4 Å². The third-order valence-electron chi connectivity index (χ3n) is 7.09. The van der Waals surface area contributed by atoms with Gasteiger partial charge < -0.3 is 14.5 Å². The predicted molar refractivity (Wildman–Crippen MR) is 125 cm³/mol. The van der Waals surface area contributed by atoms with Crippen LogP contribution in [-0.4, -0.2) is 39.1 Å². The first-order valence-corrected chi connectivity index (χ1v) is 11.5. The average Bonchev–Trinajstić information content (AvgIpc) is 3.35. The molecule has 0 bridgehead atoms. The number of H-pyrrole nitrogens is 1. The van der Waals surface area contributed by atoms with Crippen LogP contribution in [0.5, 0.6) is 0 Å². The maximum Gasteiger partial charge on any atom is 0.139 e. The van der Waals surface area contributed by atoms with Gasteiger partial charge in [-0.15, -0.1) is 0 Å². The van der Waals surface area contributed by atoms with Crippen LogP contribution in [0.3, 0.4) is 0 Å². The Balaban J connectivity index is 1.33. The van der Waals surface area contributed by atoms with Gasteiger partial charge in [0.05, 0.1) is 4.60 Å². The lowest BCUT2D eigenvalue weighted by Crippen LogP contribution is -2.48. The summed E-state index contributed by atoms with van der Waals surface area (Å²) in [6, 6.07) is 17.9. The van der Waals surface area contributed by atoms with Crippen molar-refractivity contribution >= 4 is 26.8 Å². The van der Waals surface area contributed by atoms with Crippen molar-refractivity contribution in [1.29, 1.82) is 0 Å². The highest BCUT2D eigenvalue weighted by molar-refractivity contribution is 9.10. The molecule has 0 saturated carbocycles. The van der Waals surface area contributed by atoms with Crippen LogP contribution in [0.2, 0.25) is 0 Å². The molecular formula is C25H25BrN4. The standard InChI is InChI=1S/C25H25BrN4/c1-29-14-16(15-30-11-10-27-25(30)17-6-3-2-4-7-17)12-19-18-8-5-9-21-23(18)20(13-22(19)29)24(26)28-21/h2-11,16,19,22,28H,12-15H2,1H3/t16-,19+,22+/m0/s1. The summed E-state index contributed by atoms with van der Waals surface area (Å²) in [7, 11) is 2.31. The summed E-state index contributed by atoms with van der Waals surface area (Å²) in [5, 5.41) is 1.45. The molecule has 4 nitrogen and oxygen atoms in total. The Morgan fingerprint density at radius 1 is 1.13 bits per heavy atom. The number of hydrogen-bond donors (Lipinski definition) is 1. The molecule has 3 heterocycles. The number of nitrogens with one attached hydrogen (secondary N) is 1. The zero-order valence-corrected chi connectivity index (χ0v) is 18.6. The average molecular weight is 461 g/mol. The highest BCUT2D eigenvalue weighted by atomic mass is 79.9. The van der Waals surface area contributed by atoms with Crippen LogP contribution in [0, 0.1) is 5.92 Å². The van der Waals surface area contributed by atoms with Gasteiger partial charge in [-0.1, -0.05) is 42.5 Å². The maximum absolute atomic E-state index is 4.66. The van der Waals surface area contributed by atoms with Crippen LogP contribution in [0.4, 0.5) is 0 Å². The normalized spacial score (nSPS) is 23.6. The SMILES string of the molecule is CN1C[C@@H](Cn2ccnc2-c2ccccc2)C[C@@H]2c3cccc4[nH]c(Br)c(c34)C[C@H]21. The molecule has 5 heteroatoms. The molecule has 2 aromatic carbocycles. The van der Waals surface area contributed by atoms with E-state index in [1.165, 1.54) is 34.0 Å². The highest BCUT2D eigenvalue weighted by Gasteiger charge is 2.40. The summed E-state index contributed by atoms with van der Waals surface area (Å²) in [6.07, 6.45) is 6.41. The van der Waals surface area contributed by atoms with Gasteiger partial charge in [-0.25, -0.2) is 4.98 Å². The Morgan fingerprint density at radius 3 is 2.87 bits per heavy atom. The van der Waals surface area contributed by atoms with Crippen LogP contribution in [0.1, 0.15) is 23.5 Å². The topological polar surface area (TPSA) is 36.9 Å². The summed E-state index contributed by atoms with van der Waals surface area (Å²) < 4.78 is 3.50. The maximum atomic E-state index is 4.66. The monoisotopic (exact) mass is 460 g/mol.